The van der Waals surface area contributed by atoms with Crippen molar-refractivity contribution in [2.75, 3.05) is 0 Å². The average molecular weight is 241 g/mol. The molecule has 3 aromatic heterocycles. The van der Waals surface area contributed by atoms with E-state index in [1.807, 2.05) is 34.9 Å². The Hall–Kier alpha value is -1.45. The third-order valence-electron chi connectivity index (χ3n) is 2.82. The maximum absolute atomic E-state index is 4.50. The second-order valence-corrected chi connectivity index (χ2v) is 5.73. The third-order valence-corrected chi connectivity index (χ3v) is 4.97. The minimum absolute atomic E-state index is 1.09. The molecule has 0 spiro atoms. The predicted octanol–water partition coefficient (Wildman–Crippen LogP) is 4.66. The predicted molar refractivity (Wildman–Crippen MR) is 72.5 cm³/mol. The largest absolute Gasteiger partial charge is 0.255 e. The average Bonchev–Trinajstić information content (AvgIpc) is 2.88. The lowest BCUT2D eigenvalue weighted by atomic mass is 10.1. The molecule has 0 saturated heterocycles. The number of nitrogens with zero attached hydrogens (tertiary/aromatic N) is 1. The van der Waals surface area contributed by atoms with Crippen LogP contribution in [-0.4, -0.2) is 4.98 Å². The zero-order valence-electron chi connectivity index (χ0n) is 8.31. The first-order valence-corrected chi connectivity index (χ1v) is 6.76. The molecule has 0 atom stereocenters. The molecule has 0 amide bonds. The van der Waals surface area contributed by atoms with Crippen LogP contribution in [0.15, 0.2) is 41.9 Å². The van der Waals surface area contributed by atoms with Crippen LogP contribution < -0.4 is 0 Å². The molecule has 0 aliphatic carbocycles. The Morgan fingerprint density at radius 1 is 1.00 bits per heavy atom. The van der Waals surface area contributed by atoms with Crippen LogP contribution in [0.2, 0.25) is 0 Å². The number of para-hydroxylation sites is 1. The van der Waals surface area contributed by atoms with Crippen molar-refractivity contribution in [3.05, 3.63) is 41.9 Å². The Morgan fingerprint density at radius 2 is 1.94 bits per heavy atom. The molecule has 0 fully saturated rings. The normalized spacial score (nSPS) is 11.8. The number of hydrogen-bond acceptors (Lipinski definition) is 3. The van der Waals surface area contributed by atoms with Gasteiger partial charge in [0.2, 0.25) is 0 Å². The highest BCUT2D eigenvalue weighted by Gasteiger charge is 2.09. The van der Waals surface area contributed by atoms with E-state index in [4.69, 9.17) is 0 Å². The molecule has 3 heterocycles. The number of rotatable bonds is 0. The van der Waals surface area contributed by atoms with Gasteiger partial charge in [-0.15, -0.1) is 22.7 Å². The van der Waals surface area contributed by atoms with Crippen LogP contribution in [0.5, 0.6) is 0 Å². The highest BCUT2D eigenvalue weighted by Crippen LogP contribution is 2.40. The van der Waals surface area contributed by atoms with E-state index in [1.165, 1.54) is 24.9 Å². The monoisotopic (exact) mass is 241 g/mol. The van der Waals surface area contributed by atoms with E-state index in [0.717, 1.165) is 5.52 Å². The van der Waals surface area contributed by atoms with E-state index in [9.17, 15) is 0 Å². The molecule has 3 heteroatoms. The Kier molecular flexibility index (Phi) is 1.64. The van der Waals surface area contributed by atoms with Gasteiger partial charge in [-0.25, -0.2) is 0 Å². The Morgan fingerprint density at radius 3 is 2.94 bits per heavy atom. The van der Waals surface area contributed by atoms with Crippen LogP contribution in [0.3, 0.4) is 0 Å². The zero-order chi connectivity index (χ0) is 10.5. The minimum atomic E-state index is 1.09. The summed E-state index contributed by atoms with van der Waals surface area (Å²) in [5.74, 6) is 0. The smallest absolute Gasteiger partial charge is 0.0709 e. The number of benzene rings is 1. The van der Waals surface area contributed by atoms with Crippen LogP contribution in [0.25, 0.3) is 30.4 Å². The number of hydrogen-bond donors (Lipinski definition) is 0. The third kappa shape index (κ3) is 1.02. The molecule has 76 valence electrons. The van der Waals surface area contributed by atoms with E-state index < -0.39 is 0 Å². The SMILES string of the molecule is c1ccc2c(c1)ncc1sc3ccsc3c12. The number of pyridine rings is 1. The van der Waals surface area contributed by atoms with Crippen molar-refractivity contribution < 1.29 is 0 Å². The number of aromatic nitrogens is 1. The summed E-state index contributed by atoms with van der Waals surface area (Å²) in [4.78, 5) is 4.50. The fourth-order valence-corrected chi connectivity index (χ4v) is 4.38. The maximum atomic E-state index is 4.50. The van der Waals surface area contributed by atoms with Gasteiger partial charge >= 0.3 is 0 Å². The summed E-state index contributed by atoms with van der Waals surface area (Å²) < 4.78 is 4.07. The van der Waals surface area contributed by atoms with E-state index in [-0.39, 0.29) is 0 Å². The van der Waals surface area contributed by atoms with Gasteiger partial charge in [0.1, 0.15) is 0 Å². The first kappa shape index (κ1) is 8.67. The molecular formula is C13H7NS2. The summed E-state index contributed by atoms with van der Waals surface area (Å²) in [7, 11) is 0. The summed E-state index contributed by atoms with van der Waals surface area (Å²) in [5.41, 5.74) is 1.09. The standard InChI is InChI=1S/C13H7NS2/c1-2-4-9-8(3-1)12-11(7-14-9)16-10-5-6-15-13(10)12/h1-7H. The van der Waals surface area contributed by atoms with Crippen molar-refractivity contribution >= 4 is 53.1 Å². The molecule has 0 aliphatic rings. The van der Waals surface area contributed by atoms with Gasteiger partial charge in [0.25, 0.3) is 0 Å². The van der Waals surface area contributed by atoms with Gasteiger partial charge in [0, 0.05) is 21.7 Å². The highest BCUT2D eigenvalue weighted by atomic mass is 32.1. The maximum Gasteiger partial charge on any atom is 0.0709 e. The molecule has 0 radical (unpaired) electrons. The fourth-order valence-electron chi connectivity index (χ4n) is 2.11. The topological polar surface area (TPSA) is 12.9 Å². The van der Waals surface area contributed by atoms with Crippen LogP contribution in [0.1, 0.15) is 0 Å². The van der Waals surface area contributed by atoms with Crippen molar-refractivity contribution in [1.29, 1.82) is 0 Å². The van der Waals surface area contributed by atoms with Crippen molar-refractivity contribution in [3.63, 3.8) is 0 Å². The van der Waals surface area contributed by atoms with Gasteiger partial charge in [-0.2, -0.15) is 0 Å². The molecule has 0 saturated carbocycles. The molecule has 0 unspecified atom stereocenters. The molecule has 0 bridgehead atoms. The Labute approximate surface area is 100.0 Å². The summed E-state index contributed by atoms with van der Waals surface area (Å²) >= 11 is 3.65. The lowest BCUT2D eigenvalue weighted by Gasteiger charge is -1.97. The van der Waals surface area contributed by atoms with Crippen LogP contribution in [0.4, 0.5) is 0 Å². The van der Waals surface area contributed by atoms with Crippen LogP contribution >= 0.6 is 22.7 Å². The minimum Gasteiger partial charge on any atom is -0.255 e. The first-order chi connectivity index (χ1) is 7.93. The number of thiophene rings is 2. The molecule has 16 heavy (non-hydrogen) atoms. The van der Waals surface area contributed by atoms with Crippen LogP contribution in [0, 0.1) is 0 Å². The fraction of sp³-hybridized carbons (Fsp3) is 0. The van der Waals surface area contributed by atoms with Crippen molar-refractivity contribution in [2.45, 2.75) is 0 Å². The van der Waals surface area contributed by atoms with E-state index in [2.05, 4.69) is 34.6 Å². The van der Waals surface area contributed by atoms with Gasteiger partial charge in [0.15, 0.2) is 0 Å². The van der Waals surface area contributed by atoms with Gasteiger partial charge < -0.3 is 0 Å². The molecule has 1 nitrogen and oxygen atoms in total. The second kappa shape index (κ2) is 3.03. The van der Waals surface area contributed by atoms with Gasteiger partial charge in [-0.05, 0) is 17.5 Å². The van der Waals surface area contributed by atoms with Crippen LogP contribution in [-0.2, 0) is 0 Å². The molecule has 0 aliphatic heterocycles. The highest BCUT2D eigenvalue weighted by molar-refractivity contribution is 7.32. The molecule has 4 rings (SSSR count). The Balaban J connectivity index is 2.41. The van der Waals surface area contributed by atoms with E-state index >= 15 is 0 Å². The van der Waals surface area contributed by atoms with Gasteiger partial charge in [-0.1, -0.05) is 18.2 Å². The van der Waals surface area contributed by atoms with Crippen molar-refractivity contribution in [2.24, 2.45) is 0 Å². The molecule has 0 N–H and O–H groups in total. The van der Waals surface area contributed by atoms with Crippen molar-refractivity contribution in [3.8, 4) is 0 Å². The lowest BCUT2D eigenvalue weighted by molar-refractivity contribution is 1.46. The zero-order valence-corrected chi connectivity index (χ0v) is 9.94. The van der Waals surface area contributed by atoms with Gasteiger partial charge in [-0.3, -0.25) is 4.98 Å². The van der Waals surface area contributed by atoms with E-state index in [1.54, 1.807) is 0 Å². The number of fused-ring (bicyclic) bond motifs is 5. The van der Waals surface area contributed by atoms with Crippen molar-refractivity contribution in [1.82, 2.24) is 4.98 Å². The van der Waals surface area contributed by atoms with Gasteiger partial charge in [0.05, 0.1) is 14.9 Å². The summed E-state index contributed by atoms with van der Waals surface area (Å²) in [5, 5.41) is 4.81. The summed E-state index contributed by atoms with van der Waals surface area (Å²) in [6.45, 7) is 0. The molecule has 4 aromatic rings. The molecular weight excluding hydrogens is 234 g/mol. The van der Waals surface area contributed by atoms with E-state index in [0.29, 0.717) is 0 Å². The Bertz CT molecular complexity index is 810. The lowest BCUT2D eigenvalue weighted by Crippen LogP contribution is -1.76. The first-order valence-electron chi connectivity index (χ1n) is 5.07. The summed E-state index contributed by atoms with van der Waals surface area (Å²) in [6, 6.07) is 10.6. The summed E-state index contributed by atoms with van der Waals surface area (Å²) in [6.07, 6.45) is 2.00. The molecule has 1 aromatic carbocycles. The second-order valence-electron chi connectivity index (χ2n) is 3.73. The quantitative estimate of drug-likeness (QED) is 0.436.